The van der Waals surface area contributed by atoms with Crippen LogP contribution in [-0.4, -0.2) is 105 Å². The quantitative estimate of drug-likeness (QED) is 0.0273. The first-order chi connectivity index (χ1) is 40.3. The van der Waals surface area contributed by atoms with E-state index in [1.54, 1.807) is 27.7 Å². The van der Waals surface area contributed by atoms with Crippen LogP contribution in [0.1, 0.15) is 116 Å². The normalized spacial score (nSPS) is 16.4. The van der Waals surface area contributed by atoms with Gasteiger partial charge in [0.25, 0.3) is 22.9 Å². The Kier molecular flexibility index (Phi) is 22.6. The molecular formula is C57H64F4N10O14. The fraction of sp³-hybridized carbons (Fsp3) is 0.404. The molecule has 0 unspecified atom stereocenters. The number of aryl methyl sites for hydroxylation is 2. The Hall–Kier alpha value is -9.50. The molecule has 6 heterocycles. The number of halogens is 4. The van der Waals surface area contributed by atoms with Gasteiger partial charge in [0.05, 0.1) is 18.3 Å². The number of amides is 6. The van der Waals surface area contributed by atoms with Crippen LogP contribution in [0.5, 0.6) is 0 Å². The number of carbonyl (C=O) groups is 8. The summed E-state index contributed by atoms with van der Waals surface area (Å²) in [6.45, 7) is 10.7. The average molecular weight is 1190 g/mol. The Morgan fingerprint density at radius 3 is 1.72 bits per heavy atom. The zero-order valence-corrected chi connectivity index (χ0v) is 47.1. The molecule has 0 saturated carbocycles. The highest BCUT2D eigenvalue weighted by Crippen LogP contribution is 2.31. The van der Waals surface area contributed by atoms with Crippen LogP contribution < -0.4 is 43.0 Å². The number of ether oxygens (including phenoxy) is 2. The van der Waals surface area contributed by atoms with E-state index in [2.05, 4.69) is 42.2 Å². The first kappa shape index (κ1) is 64.7. The summed E-state index contributed by atoms with van der Waals surface area (Å²) in [5.74, 6) is -5.47. The van der Waals surface area contributed by atoms with Gasteiger partial charge in [0.15, 0.2) is 11.4 Å². The third-order valence-corrected chi connectivity index (χ3v) is 13.2. The van der Waals surface area contributed by atoms with Crippen molar-refractivity contribution in [3.8, 4) is 0 Å². The van der Waals surface area contributed by atoms with Gasteiger partial charge in [-0.2, -0.15) is 13.2 Å². The van der Waals surface area contributed by atoms with E-state index in [-0.39, 0.29) is 73.0 Å². The van der Waals surface area contributed by atoms with E-state index in [1.165, 1.54) is 91.4 Å². The van der Waals surface area contributed by atoms with Gasteiger partial charge in [-0.1, -0.05) is 41.5 Å². The number of carbonyl (C=O) groups excluding carboxylic acids is 8. The lowest BCUT2D eigenvalue weighted by Crippen LogP contribution is -2.43. The number of nitrogens with one attached hydrogen (secondary N) is 6. The smallest absolute Gasteiger partial charge is 0.417 e. The van der Waals surface area contributed by atoms with Crippen LogP contribution in [0.25, 0.3) is 0 Å². The second-order valence-electron chi connectivity index (χ2n) is 20.0. The Morgan fingerprint density at radius 1 is 0.729 bits per heavy atom. The largest absolute Gasteiger partial charge is 0.463 e. The van der Waals surface area contributed by atoms with Crippen LogP contribution in [-0.2, 0) is 50.8 Å². The lowest BCUT2D eigenvalue weighted by Gasteiger charge is -2.24. The molecule has 0 bridgehead atoms. The van der Waals surface area contributed by atoms with E-state index in [0.717, 1.165) is 6.08 Å². The van der Waals surface area contributed by atoms with Gasteiger partial charge in [0, 0.05) is 80.1 Å². The zero-order valence-electron chi connectivity index (χ0n) is 47.1. The summed E-state index contributed by atoms with van der Waals surface area (Å²) in [4.78, 5) is 128. The molecule has 454 valence electrons. The maximum absolute atomic E-state index is 13.9. The molecule has 28 heteroatoms. The summed E-state index contributed by atoms with van der Waals surface area (Å²) in [6, 6.07) is 7.25. The molecule has 0 radical (unpaired) electrons. The number of anilines is 2. The van der Waals surface area contributed by atoms with Gasteiger partial charge in [-0.25, -0.2) is 14.0 Å². The highest BCUT2D eigenvalue weighted by atomic mass is 19.4. The second kappa shape index (κ2) is 29.7. The van der Waals surface area contributed by atoms with Crippen molar-refractivity contribution in [1.82, 2.24) is 40.7 Å². The van der Waals surface area contributed by atoms with Gasteiger partial charge in [0.1, 0.15) is 40.8 Å². The number of hydrogen-bond donors (Lipinski definition) is 6. The first-order valence-electron chi connectivity index (χ1n) is 27.0. The molecule has 4 aromatic heterocycles. The number of nitrogens with zero attached hydrogens (tertiary/aromatic N) is 4. The molecule has 0 spiro atoms. The number of aromatic nitrogens is 4. The Balaban J connectivity index is 0.000000273. The number of benzene rings is 1. The van der Waals surface area contributed by atoms with Crippen molar-refractivity contribution in [3.05, 3.63) is 152 Å². The molecule has 7 rings (SSSR count). The van der Waals surface area contributed by atoms with E-state index >= 15 is 0 Å². The molecular weight excluding hydrogens is 1120 g/mol. The van der Waals surface area contributed by atoms with Crippen LogP contribution in [0.15, 0.2) is 110 Å². The predicted molar refractivity (Wildman–Crippen MR) is 295 cm³/mol. The molecule has 0 aliphatic carbocycles. The Morgan fingerprint density at radius 2 is 1.25 bits per heavy atom. The third-order valence-electron chi connectivity index (χ3n) is 13.2. The standard InChI is InChI=1S/C31H34FN5O7.C26H30F3N5O7/c1-18(2)43-27(38)11-10-23(17-21-12-13-33-28(21)39)34-30(41)26(16-20-6-8-22(32)9-7-20)37-14-4-5-24(31(37)42)35-29(40)25-15-19(3)44-36-25;1-4-20(24(38)31-17(6-7-21(35)40-5-2)11-15-8-9-30-22(15)36)34-13-16(26(27,28)29)12-19(25(34)39)32-23(37)18-10-14(3)41-33-18/h4-11,14-15,18,21,23,26H,12-13,16-17H2,1-3H3,(H,33,39)(H,34,41)(H,35,40);6-7,10,12-13,15,17,20H,4-5,8-9,11H2,1-3H3,(H,30,36)(H,31,38)(H,32,37)/b11-10+;7-6+/t21-,23+,26-;15-,17+,20-/m00/s1. The van der Waals surface area contributed by atoms with Gasteiger partial charge >= 0.3 is 18.1 Å². The molecule has 6 amide bonds. The minimum Gasteiger partial charge on any atom is -0.463 e. The molecule has 2 fully saturated rings. The summed E-state index contributed by atoms with van der Waals surface area (Å²) in [5, 5.41) is 22.7. The van der Waals surface area contributed by atoms with Crippen LogP contribution in [0.2, 0.25) is 0 Å². The van der Waals surface area contributed by atoms with E-state index in [1.807, 2.05) is 0 Å². The summed E-state index contributed by atoms with van der Waals surface area (Å²) < 4.78 is 76.5. The van der Waals surface area contributed by atoms with Gasteiger partial charge in [-0.3, -0.25) is 38.4 Å². The van der Waals surface area contributed by atoms with E-state index < -0.39 is 106 Å². The number of hydrogen-bond acceptors (Lipinski definition) is 16. The summed E-state index contributed by atoms with van der Waals surface area (Å²) in [5.41, 5.74) is -3.58. The van der Waals surface area contributed by atoms with Gasteiger partial charge in [0.2, 0.25) is 23.6 Å². The fourth-order valence-corrected chi connectivity index (χ4v) is 9.05. The zero-order chi connectivity index (χ0) is 62.1. The maximum Gasteiger partial charge on any atom is 0.417 e. The number of pyridine rings is 2. The number of rotatable bonds is 23. The van der Waals surface area contributed by atoms with E-state index in [4.69, 9.17) is 18.5 Å². The summed E-state index contributed by atoms with van der Waals surface area (Å²) in [6.07, 6.45) is 2.91. The predicted octanol–water partition coefficient (Wildman–Crippen LogP) is 5.34. The van der Waals surface area contributed by atoms with Crippen molar-refractivity contribution in [2.45, 2.75) is 117 Å². The van der Waals surface area contributed by atoms with Crippen molar-refractivity contribution in [2.75, 3.05) is 30.3 Å². The van der Waals surface area contributed by atoms with Crippen LogP contribution in [0.4, 0.5) is 28.9 Å². The topological polar surface area (TPSA) is 323 Å². The van der Waals surface area contributed by atoms with Gasteiger partial charge in [-0.05, 0) is 103 Å². The SMILES string of the molecule is CCOC(=O)/C=C/[C@H](C[C@@H]1CCNC1=O)NC(=O)[C@H](CC)n1cc(C(F)(F)F)cc(NC(=O)c2cc(C)on2)c1=O.Cc1cc(C(=O)Nc2cccn([C@@H](Cc3ccc(F)cc3)C(=O)N[C@H](/C=C/C(=O)OC(C)C)C[C@@H]3CCNC3=O)c2=O)no1. The second-order valence-corrected chi connectivity index (χ2v) is 20.0. The number of esters is 2. The van der Waals surface area contributed by atoms with Crippen molar-refractivity contribution in [2.24, 2.45) is 11.8 Å². The fourth-order valence-electron chi connectivity index (χ4n) is 9.05. The van der Waals surface area contributed by atoms with Crippen molar-refractivity contribution < 1.29 is 74.4 Å². The minimum atomic E-state index is -4.92. The lowest BCUT2D eigenvalue weighted by molar-refractivity contribution is -0.141. The molecule has 2 aliphatic heterocycles. The molecule has 6 atom stereocenters. The van der Waals surface area contributed by atoms with Crippen LogP contribution in [0, 0.1) is 31.5 Å². The van der Waals surface area contributed by atoms with Crippen molar-refractivity contribution in [1.29, 1.82) is 0 Å². The minimum absolute atomic E-state index is 0.0123. The first-order valence-corrected chi connectivity index (χ1v) is 27.0. The van der Waals surface area contributed by atoms with E-state index in [9.17, 15) is 65.5 Å². The van der Waals surface area contributed by atoms with Crippen LogP contribution >= 0.6 is 0 Å². The third kappa shape index (κ3) is 18.5. The summed E-state index contributed by atoms with van der Waals surface area (Å²) >= 11 is 0. The number of alkyl halides is 3. The molecule has 6 N–H and O–H groups in total. The Bertz CT molecular complexity index is 3420. The average Bonchev–Trinajstić information content (AvgIpc) is 3.03. The maximum atomic E-state index is 13.9. The molecule has 5 aromatic rings. The van der Waals surface area contributed by atoms with Crippen LogP contribution in [0.3, 0.4) is 0 Å². The molecule has 24 nitrogen and oxygen atoms in total. The highest BCUT2D eigenvalue weighted by Gasteiger charge is 2.36. The monoisotopic (exact) mass is 1190 g/mol. The Labute approximate surface area is 483 Å². The lowest BCUT2D eigenvalue weighted by atomic mass is 9.97. The molecule has 85 heavy (non-hydrogen) atoms. The highest BCUT2D eigenvalue weighted by molar-refractivity contribution is 6.03. The summed E-state index contributed by atoms with van der Waals surface area (Å²) in [7, 11) is 0. The molecule has 1 aromatic carbocycles. The van der Waals surface area contributed by atoms with E-state index in [0.29, 0.717) is 54.1 Å². The van der Waals surface area contributed by atoms with Crippen molar-refractivity contribution in [3.63, 3.8) is 0 Å². The van der Waals surface area contributed by atoms with Gasteiger partial charge in [-0.15, -0.1) is 0 Å². The van der Waals surface area contributed by atoms with Gasteiger partial charge < -0.3 is 59.6 Å². The van der Waals surface area contributed by atoms with Crippen molar-refractivity contribution >= 4 is 58.8 Å². The molecule has 2 aliphatic rings. The molecule has 2 saturated heterocycles.